The standard InChI is InChI=1S/C14H16BrFN2O/c15-13-11(2-1-3-12(13)16)14(19)18-10-6-8-4-5-9(7-10)17-8/h1-3,8-10,17H,4-7H2,(H,18,19). The van der Waals surface area contributed by atoms with E-state index in [2.05, 4.69) is 26.6 Å². The molecule has 1 aromatic rings. The van der Waals surface area contributed by atoms with Gasteiger partial charge in [-0.25, -0.2) is 4.39 Å². The third-order valence-electron chi connectivity index (χ3n) is 4.00. The molecule has 2 atom stereocenters. The zero-order valence-corrected chi connectivity index (χ0v) is 12.0. The largest absolute Gasteiger partial charge is 0.349 e. The van der Waals surface area contributed by atoms with E-state index in [1.807, 2.05) is 0 Å². The van der Waals surface area contributed by atoms with Crippen LogP contribution in [0.4, 0.5) is 4.39 Å². The number of carbonyl (C=O) groups excluding carboxylic acids is 1. The van der Waals surface area contributed by atoms with Crippen molar-refractivity contribution in [1.29, 1.82) is 0 Å². The molecule has 102 valence electrons. The van der Waals surface area contributed by atoms with Gasteiger partial charge in [-0.05, 0) is 53.7 Å². The van der Waals surface area contributed by atoms with Gasteiger partial charge in [0.2, 0.25) is 0 Å². The molecule has 0 aromatic heterocycles. The van der Waals surface area contributed by atoms with Crippen LogP contribution in [0.5, 0.6) is 0 Å². The number of hydrogen-bond donors (Lipinski definition) is 2. The summed E-state index contributed by atoms with van der Waals surface area (Å²) in [5.74, 6) is -0.601. The first kappa shape index (κ1) is 13.1. The second-order valence-corrected chi connectivity index (χ2v) is 6.17. The van der Waals surface area contributed by atoms with E-state index in [1.165, 1.54) is 18.9 Å². The fourth-order valence-electron chi connectivity index (χ4n) is 3.12. The predicted molar refractivity (Wildman–Crippen MR) is 74.5 cm³/mol. The van der Waals surface area contributed by atoms with Crippen LogP contribution in [0.3, 0.4) is 0 Å². The number of carbonyl (C=O) groups is 1. The number of nitrogens with one attached hydrogen (secondary N) is 2. The number of rotatable bonds is 2. The molecular weight excluding hydrogens is 311 g/mol. The number of piperidine rings is 1. The van der Waals surface area contributed by atoms with Crippen LogP contribution < -0.4 is 10.6 Å². The van der Waals surface area contributed by atoms with Gasteiger partial charge in [-0.15, -0.1) is 0 Å². The highest BCUT2D eigenvalue weighted by Gasteiger charge is 2.34. The molecule has 0 spiro atoms. The van der Waals surface area contributed by atoms with Gasteiger partial charge in [-0.1, -0.05) is 6.07 Å². The van der Waals surface area contributed by atoms with E-state index in [-0.39, 0.29) is 16.4 Å². The lowest BCUT2D eigenvalue weighted by atomic mass is 9.99. The lowest BCUT2D eigenvalue weighted by Gasteiger charge is -2.29. The maximum absolute atomic E-state index is 13.4. The minimum atomic E-state index is -0.405. The molecule has 19 heavy (non-hydrogen) atoms. The van der Waals surface area contributed by atoms with Gasteiger partial charge in [0.1, 0.15) is 5.82 Å². The minimum Gasteiger partial charge on any atom is -0.349 e. The Balaban J connectivity index is 1.70. The molecule has 2 aliphatic heterocycles. The first-order valence-corrected chi connectivity index (χ1v) is 7.43. The van der Waals surface area contributed by atoms with Crippen LogP contribution in [0.15, 0.2) is 22.7 Å². The van der Waals surface area contributed by atoms with E-state index in [9.17, 15) is 9.18 Å². The molecule has 2 aliphatic rings. The zero-order chi connectivity index (χ0) is 13.4. The maximum atomic E-state index is 13.4. The Hall–Kier alpha value is -0.940. The van der Waals surface area contributed by atoms with Crippen molar-refractivity contribution in [3.8, 4) is 0 Å². The molecule has 2 fully saturated rings. The highest BCUT2D eigenvalue weighted by Crippen LogP contribution is 2.27. The summed E-state index contributed by atoms with van der Waals surface area (Å²) >= 11 is 3.13. The molecule has 5 heteroatoms. The van der Waals surface area contributed by atoms with Crippen LogP contribution in [0.1, 0.15) is 36.0 Å². The van der Waals surface area contributed by atoms with Gasteiger partial charge in [0.15, 0.2) is 0 Å². The van der Waals surface area contributed by atoms with E-state index in [1.54, 1.807) is 12.1 Å². The van der Waals surface area contributed by atoms with Gasteiger partial charge < -0.3 is 10.6 Å². The third-order valence-corrected chi connectivity index (χ3v) is 4.81. The number of benzene rings is 1. The quantitative estimate of drug-likeness (QED) is 0.877. The van der Waals surface area contributed by atoms with Gasteiger partial charge in [0.25, 0.3) is 5.91 Å². The van der Waals surface area contributed by atoms with Crippen LogP contribution >= 0.6 is 15.9 Å². The highest BCUT2D eigenvalue weighted by atomic mass is 79.9. The molecule has 2 unspecified atom stereocenters. The summed E-state index contributed by atoms with van der Waals surface area (Å²) in [6.45, 7) is 0. The average Bonchev–Trinajstić information content (AvgIpc) is 2.72. The average molecular weight is 327 g/mol. The normalized spacial score (nSPS) is 29.3. The topological polar surface area (TPSA) is 41.1 Å². The Kier molecular flexibility index (Phi) is 3.58. The zero-order valence-electron chi connectivity index (χ0n) is 10.5. The van der Waals surface area contributed by atoms with Crippen LogP contribution in [0, 0.1) is 5.82 Å². The van der Waals surface area contributed by atoms with Gasteiger partial charge in [-0.2, -0.15) is 0 Å². The molecule has 2 heterocycles. The van der Waals surface area contributed by atoms with Crippen LogP contribution in [0.2, 0.25) is 0 Å². The van der Waals surface area contributed by atoms with Crippen molar-refractivity contribution < 1.29 is 9.18 Å². The summed E-state index contributed by atoms with van der Waals surface area (Å²) in [4.78, 5) is 12.2. The molecule has 0 radical (unpaired) electrons. The van der Waals surface area contributed by atoms with Gasteiger partial charge in [0.05, 0.1) is 10.0 Å². The Labute approximate surface area is 120 Å². The van der Waals surface area contributed by atoms with E-state index in [0.717, 1.165) is 12.8 Å². The SMILES string of the molecule is O=C(NC1CC2CCC(C1)N2)c1cccc(F)c1Br. The van der Waals surface area contributed by atoms with Gasteiger partial charge >= 0.3 is 0 Å². The second-order valence-electron chi connectivity index (χ2n) is 5.38. The van der Waals surface area contributed by atoms with Crippen LogP contribution in [-0.2, 0) is 0 Å². The molecule has 3 rings (SSSR count). The Morgan fingerprint density at radius 1 is 1.32 bits per heavy atom. The molecule has 0 saturated carbocycles. The van der Waals surface area contributed by atoms with Crippen molar-refractivity contribution in [3.05, 3.63) is 34.1 Å². The fraction of sp³-hybridized carbons (Fsp3) is 0.500. The van der Waals surface area contributed by atoms with Crippen molar-refractivity contribution >= 4 is 21.8 Å². The minimum absolute atomic E-state index is 0.196. The maximum Gasteiger partial charge on any atom is 0.252 e. The molecule has 0 aliphatic carbocycles. The summed E-state index contributed by atoms with van der Waals surface area (Å²) in [6, 6.07) is 5.78. The predicted octanol–water partition coefficient (Wildman–Crippen LogP) is 2.60. The Morgan fingerprint density at radius 3 is 2.68 bits per heavy atom. The summed E-state index contributed by atoms with van der Waals surface area (Å²) in [5, 5.41) is 6.56. The molecule has 2 N–H and O–H groups in total. The summed E-state index contributed by atoms with van der Waals surface area (Å²) in [6.07, 6.45) is 4.33. The van der Waals surface area contributed by atoms with Crippen molar-refractivity contribution in [3.63, 3.8) is 0 Å². The number of amides is 1. The number of fused-ring (bicyclic) bond motifs is 2. The van der Waals surface area contributed by atoms with Crippen molar-refractivity contribution in [2.24, 2.45) is 0 Å². The van der Waals surface area contributed by atoms with E-state index in [0.29, 0.717) is 17.6 Å². The monoisotopic (exact) mass is 326 g/mol. The lowest BCUT2D eigenvalue weighted by Crippen LogP contribution is -2.48. The van der Waals surface area contributed by atoms with Crippen LogP contribution in [-0.4, -0.2) is 24.0 Å². The first-order valence-electron chi connectivity index (χ1n) is 6.64. The summed E-state index contributed by atoms with van der Waals surface area (Å²) < 4.78 is 13.7. The fourth-order valence-corrected chi connectivity index (χ4v) is 3.56. The Morgan fingerprint density at radius 2 is 2.00 bits per heavy atom. The first-order chi connectivity index (χ1) is 9.13. The molecule has 2 saturated heterocycles. The summed E-state index contributed by atoms with van der Waals surface area (Å²) in [5.41, 5.74) is 0.367. The van der Waals surface area contributed by atoms with Crippen molar-refractivity contribution in [1.82, 2.24) is 10.6 Å². The molecular formula is C14H16BrFN2O. The van der Waals surface area contributed by atoms with E-state index >= 15 is 0 Å². The van der Waals surface area contributed by atoms with Gasteiger partial charge in [0, 0.05) is 18.1 Å². The summed E-state index contributed by atoms with van der Waals surface area (Å²) in [7, 11) is 0. The van der Waals surface area contributed by atoms with E-state index < -0.39 is 5.82 Å². The molecule has 3 nitrogen and oxygen atoms in total. The van der Waals surface area contributed by atoms with Crippen LogP contribution in [0.25, 0.3) is 0 Å². The lowest BCUT2D eigenvalue weighted by molar-refractivity contribution is 0.0922. The van der Waals surface area contributed by atoms with Gasteiger partial charge in [-0.3, -0.25) is 4.79 Å². The smallest absolute Gasteiger partial charge is 0.252 e. The molecule has 2 bridgehead atoms. The number of halogens is 2. The number of hydrogen-bond acceptors (Lipinski definition) is 2. The van der Waals surface area contributed by atoms with E-state index in [4.69, 9.17) is 0 Å². The third kappa shape index (κ3) is 2.67. The Bertz CT molecular complexity index is 496. The molecule has 1 aromatic carbocycles. The van der Waals surface area contributed by atoms with Crippen molar-refractivity contribution in [2.45, 2.75) is 43.8 Å². The molecule has 1 amide bonds. The van der Waals surface area contributed by atoms with Crippen molar-refractivity contribution in [2.75, 3.05) is 0 Å². The highest BCUT2D eigenvalue weighted by molar-refractivity contribution is 9.10. The second kappa shape index (κ2) is 5.21.